The summed E-state index contributed by atoms with van der Waals surface area (Å²) in [4.78, 5) is 18.1. The summed E-state index contributed by atoms with van der Waals surface area (Å²) in [6.45, 7) is 5.22. The first-order valence-corrected chi connectivity index (χ1v) is 8.81. The molecular formula is C18H22F3N5O. The van der Waals surface area contributed by atoms with E-state index in [9.17, 15) is 18.0 Å². The highest BCUT2D eigenvalue weighted by molar-refractivity contribution is 5.76. The van der Waals surface area contributed by atoms with E-state index in [0.29, 0.717) is 31.7 Å². The molecule has 0 atom stereocenters. The van der Waals surface area contributed by atoms with Gasteiger partial charge in [0.1, 0.15) is 12.4 Å². The van der Waals surface area contributed by atoms with E-state index in [4.69, 9.17) is 0 Å². The van der Waals surface area contributed by atoms with Crippen LogP contribution in [0.3, 0.4) is 0 Å². The smallest absolute Gasteiger partial charge is 0.356 e. The quantitative estimate of drug-likeness (QED) is 0.885. The van der Waals surface area contributed by atoms with Crippen molar-refractivity contribution in [2.24, 2.45) is 0 Å². The number of aromatic nitrogens is 3. The van der Waals surface area contributed by atoms with Gasteiger partial charge in [-0.15, -0.1) is 0 Å². The normalized spacial score (nSPS) is 15.8. The number of carbonyl (C=O) groups is 1. The van der Waals surface area contributed by atoms with Crippen LogP contribution in [0.5, 0.6) is 0 Å². The number of halogens is 3. The summed E-state index contributed by atoms with van der Waals surface area (Å²) >= 11 is 0. The zero-order valence-corrected chi connectivity index (χ0v) is 15.3. The predicted molar refractivity (Wildman–Crippen MR) is 94.3 cm³/mol. The van der Waals surface area contributed by atoms with Crippen molar-refractivity contribution in [1.82, 2.24) is 20.1 Å². The molecule has 9 heteroatoms. The maximum Gasteiger partial charge on any atom is 0.417 e. The van der Waals surface area contributed by atoms with Crippen LogP contribution in [-0.4, -0.2) is 39.8 Å². The monoisotopic (exact) mass is 381 g/mol. The molecule has 27 heavy (non-hydrogen) atoms. The highest BCUT2D eigenvalue weighted by Crippen LogP contribution is 2.29. The van der Waals surface area contributed by atoms with Crippen molar-refractivity contribution in [2.75, 3.05) is 18.0 Å². The number of aryl methyl sites for hydroxylation is 2. The number of hydrogen-bond acceptors (Lipinski definition) is 4. The minimum absolute atomic E-state index is 0.0418. The molecule has 1 aliphatic rings. The molecule has 146 valence electrons. The number of rotatable bonds is 4. The fraction of sp³-hybridized carbons (Fsp3) is 0.500. The minimum Gasteiger partial charge on any atom is -0.356 e. The fourth-order valence-electron chi connectivity index (χ4n) is 3.24. The number of alkyl halides is 3. The van der Waals surface area contributed by atoms with Crippen molar-refractivity contribution in [3.8, 4) is 0 Å². The van der Waals surface area contributed by atoms with Gasteiger partial charge in [-0.3, -0.25) is 9.48 Å². The van der Waals surface area contributed by atoms with Gasteiger partial charge in [0.15, 0.2) is 0 Å². The van der Waals surface area contributed by atoms with Gasteiger partial charge in [0.25, 0.3) is 0 Å². The molecule has 0 radical (unpaired) electrons. The summed E-state index contributed by atoms with van der Waals surface area (Å²) in [7, 11) is 0. The second-order valence-electron chi connectivity index (χ2n) is 6.82. The van der Waals surface area contributed by atoms with Crippen LogP contribution in [0.2, 0.25) is 0 Å². The van der Waals surface area contributed by atoms with Crippen molar-refractivity contribution in [2.45, 2.75) is 45.5 Å². The Labute approximate surface area is 155 Å². The van der Waals surface area contributed by atoms with Gasteiger partial charge in [0.2, 0.25) is 5.91 Å². The Hall–Kier alpha value is -2.58. The lowest BCUT2D eigenvalue weighted by atomic mass is 10.0. The molecular weight excluding hydrogens is 359 g/mol. The highest BCUT2D eigenvalue weighted by Gasteiger charge is 2.31. The topological polar surface area (TPSA) is 63.1 Å². The van der Waals surface area contributed by atoms with Gasteiger partial charge in [0, 0.05) is 31.0 Å². The largest absolute Gasteiger partial charge is 0.417 e. The molecule has 1 saturated heterocycles. The number of anilines is 1. The molecule has 2 aromatic heterocycles. The van der Waals surface area contributed by atoms with Crippen LogP contribution in [0.1, 0.15) is 29.8 Å². The van der Waals surface area contributed by atoms with Crippen LogP contribution in [0.25, 0.3) is 0 Å². The van der Waals surface area contributed by atoms with E-state index < -0.39 is 11.7 Å². The molecule has 0 bridgehead atoms. The van der Waals surface area contributed by atoms with Crippen LogP contribution in [0.4, 0.5) is 19.0 Å². The molecule has 0 spiro atoms. The molecule has 0 aliphatic carbocycles. The van der Waals surface area contributed by atoms with Crippen molar-refractivity contribution >= 4 is 11.7 Å². The van der Waals surface area contributed by atoms with E-state index in [2.05, 4.69) is 15.4 Å². The molecule has 3 rings (SSSR count). The zero-order chi connectivity index (χ0) is 19.6. The van der Waals surface area contributed by atoms with Crippen molar-refractivity contribution in [3.63, 3.8) is 0 Å². The van der Waals surface area contributed by atoms with Gasteiger partial charge < -0.3 is 10.2 Å². The van der Waals surface area contributed by atoms with E-state index in [0.717, 1.165) is 23.7 Å². The number of pyridine rings is 1. The Morgan fingerprint density at radius 2 is 1.96 bits per heavy atom. The second kappa shape index (κ2) is 7.58. The van der Waals surface area contributed by atoms with Gasteiger partial charge >= 0.3 is 6.18 Å². The van der Waals surface area contributed by atoms with Gasteiger partial charge in [-0.2, -0.15) is 18.3 Å². The Kier molecular flexibility index (Phi) is 5.38. The van der Waals surface area contributed by atoms with Crippen molar-refractivity contribution in [1.29, 1.82) is 0 Å². The van der Waals surface area contributed by atoms with Gasteiger partial charge in [-0.25, -0.2) is 4.98 Å². The van der Waals surface area contributed by atoms with Gasteiger partial charge in [-0.05, 0) is 44.9 Å². The highest BCUT2D eigenvalue weighted by atomic mass is 19.4. The third-order valence-electron chi connectivity index (χ3n) is 4.66. The van der Waals surface area contributed by atoms with Crippen LogP contribution < -0.4 is 10.2 Å². The molecule has 1 fully saturated rings. The van der Waals surface area contributed by atoms with E-state index >= 15 is 0 Å². The molecule has 0 saturated carbocycles. The molecule has 6 nitrogen and oxygen atoms in total. The minimum atomic E-state index is -4.38. The predicted octanol–water partition coefficient (Wildman–Crippen LogP) is 2.70. The Morgan fingerprint density at radius 1 is 1.26 bits per heavy atom. The summed E-state index contributed by atoms with van der Waals surface area (Å²) in [5, 5.41) is 7.29. The van der Waals surface area contributed by atoms with E-state index in [1.165, 1.54) is 6.07 Å². The van der Waals surface area contributed by atoms with E-state index in [1.54, 1.807) is 4.68 Å². The number of nitrogens with one attached hydrogen (secondary N) is 1. The standard InChI is InChI=1S/C18H22F3N5O/c1-12-9-13(2)26(24-12)11-17(27)23-15-5-7-25(8-6-15)16-4-3-14(10-22-16)18(19,20)21/h3-4,9-10,15H,5-8,11H2,1-2H3,(H,23,27). The average molecular weight is 381 g/mol. The maximum atomic E-state index is 12.6. The third kappa shape index (κ3) is 4.78. The number of carbonyl (C=O) groups excluding carboxylic acids is 1. The van der Waals surface area contributed by atoms with E-state index in [1.807, 2.05) is 24.8 Å². The Morgan fingerprint density at radius 3 is 2.48 bits per heavy atom. The number of hydrogen-bond donors (Lipinski definition) is 1. The molecule has 3 heterocycles. The van der Waals surface area contributed by atoms with Crippen molar-refractivity contribution < 1.29 is 18.0 Å². The number of piperidine rings is 1. The lowest BCUT2D eigenvalue weighted by Gasteiger charge is -2.33. The molecule has 1 amide bonds. The van der Waals surface area contributed by atoms with Crippen molar-refractivity contribution in [3.05, 3.63) is 41.3 Å². The average Bonchev–Trinajstić information content (AvgIpc) is 2.92. The Balaban J connectivity index is 1.50. The first-order chi connectivity index (χ1) is 12.7. The van der Waals surface area contributed by atoms with Crippen LogP contribution >= 0.6 is 0 Å². The first kappa shape index (κ1) is 19.2. The lowest BCUT2D eigenvalue weighted by Crippen LogP contribution is -2.45. The molecule has 1 aliphatic heterocycles. The first-order valence-electron chi connectivity index (χ1n) is 8.81. The fourth-order valence-corrected chi connectivity index (χ4v) is 3.24. The summed E-state index contributed by atoms with van der Waals surface area (Å²) in [5.74, 6) is 0.433. The SMILES string of the molecule is Cc1cc(C)n(CC(=O)NC2CCN(c3ccc(C(F)(F)F)cn3)CC2)n1. The summed E-state index contributed by atoms with van der Waals surface area (Å²) < 4.78 is 39.5. The van der Waals surface area contributed by atoms with Gasteiger partial charge in [0.05, 0.1) is 11.3 Å². The van der Waals surface area contributed by atoms with Crippen LogP contribution in [-0.2, 0) is 17.5 Å². The molecule has 0 unspecified atom stereocenters. The summed E-state index contributed by atoms with van der Waals surface area (Å²) in [6.07, 6.45) is -2.09. The third-order valence-corrected chi connectivity index (χ3v) is 4.66. The molecule has 2 aromatic rings. The molecule has 1 N–H and O–H groups in total. The van der Waals surface area contributed by atoms with E-state index in [-0.39, 0.29) is 18.5 Å². The lowest BCUT2D eigenvalue weighted by molar-refractivity contribution is -0.137. The number of nitrogens with zero attached hydrogens (tertiary/aromatic N) is 4. The van der Waals surface area contributed by atoms with Gasteiger partial charge in [-0.1, -0.05) is 0 Å². The second-order valence-corrected chi connectivity index (χ2v) is 6.82. The zero-order valence-electron chi connectivity index (χ0n) is 15.3. The Bertz CT molecular complexity index is 792. The maximum absolute atomic E-state index is 12.6. The molecule has 0 aromatic carbocycles. The summed E-state index contributed by atoms with van der Waals surface area (Å²) in [6, 6.07) is 4.40. The van der Waals surface area contributed by atoms with Crippen LogP contribution in [0.15, 0.2) is 24.4 Å². The number of amides is 1. The van der Waals surface area contributed by atoms with Crippen LogP contribution in [0, 0.1) is 13.8 Å². The summed E-state index contributed by atoms with van der Waals surface area (Å²) in [5.41, 5.74) is 1.06.